The number of carbonyl (C=O) groups is 2. The summed E-state index contributed by atoms with van der Waals surface area (Å²) < 4.78 is 20.6. The number of ether oxygens (including phenoxy) is 3. The summed E-state index contributed by atoms with van der Waals surface area (Å²) in [6.07, 6.45) is 1.81. The number of carboxylic acids is 1. The van der Waals surface area contributed by atoms with Crippen molar-refractivity contribution in [2.75, 3.05) is 20.3 Å². The molecule has 0 radical (unpaired) electrons. The lowest BCUT2D eigenvalue weighted by atomic mass is 9.95. The molecule has 1 atom stereocenters. The Hall–Kier alpha value is -4.90. The number of hydrogen-bond acceptors (Lipinski definition) is 8. The first-order valence-electron chi connectivity index (χ1n) is 14.1. The number of allylic oxidation sites excluding steroid dienone is 1. The van der Waals surface area contributed by atoms with Gasteiger partial charge in [0, 0.05) is 17.1 Å². The van der Waals surface area contributed by atoms with Gasteiger partial charge in [-0.3, -0.25) is 9.36 Å². The molecule has 0 bridgehead atoms. The Kier molecular flexibility index (Phi) is 8.59. The molecule has 2 aromatic carbocycles. The number of aromatic carboxylic acids is 1. The lowest BCUT2D eigenvalue weighted by Crippen LogP contribution is -2.40. The molecule has 0 saturated carbocycles. The van der Waals surface area contributed by atoms with Gasteiger partial charge in [-0.2, -0.15) is 0 Å². The third-order valence-electron chi connectivity index (χ3n) is 7.43. The third-order valence-corrected chi connectivity index (χ3v) is 8.41. The van der Waals surface area contributed by atoms with E-state index in [0.29, 0.717) is 44.4 Å². The summed E-state index contributed by atoms with van der Waals surface area (Å²) in [5.74, 6) is -0.528. The minimum atomic E-state index is -1.01. The molecule has 0 saturated heterocycles. The van der Waals surface area contributed by atoms with Crippen molar-refractivity contribution in [3.05, 3.63) is 108 Å². The van der Waals surface area contributed by atoms with Crippen LogP contribution >= 0.6 is 11.3 Å². The van der Waals surface area contributed by atoms with E-state index in [1.54, 1.807) is 57.4 Å². The number of fused-ring (bicyclic) bond motifs is 1. The van der Waals surface area contributed by atoms with Crippen molar-refractivity contribution in [1.29, 1.82) is 0 Å². The maximum Gasteiger partial charge on any atom is 0.338 e. The summed E-state index contributed by atoms with van der Waals surface area (Å²) in [6.45, 7) is 9.75. The Labute approximate surface area is 257 Å². The first-order chi connectivity index (χ1) is 21.1. The summed E-state index contributed by atoms with van der Waals surface area (Å²) >= 11 is 1.23. The highest BCUT2D eigenvalue weighted by atomic mass is 32.1. The minimum Gasteiger partial charge on any atom is -0.493 e. The van der Waals surface area contributed by atoms with Crippen molar-refractivity contribution in [1.82, 2.24) is 9.13 Å². The molecule has 5 rings (SSSR count). The van der Waals surface area contributed by atoms with Gasteiger partial charge in [0.1, 0.15) is 0 Å². The van der Waals surface area contributed by atoms with Crippen LogP contribution in [0.2, 0.25) is 0 Å². The van der Waals surface area contributed by atoms with E-state index < -0.39 is 18.0 Å². The Morgan fingerprint density at radius 1 is 1.05 bits per heavy atom. The Balaban J connectivity index is 1.69. The van der Waals surface area contributed by atoms with Crippen molar-refractivity contribution >= 4 is 29.4 Å². The van der Waals surface area contributed by atoms with E-state index in [4.69, 9.17) is 14.2 Å². The maximum atomic E-state index is 14.1. The number of thiazole rings is 1. The normalized spacial score (nSPS) is 14.7. The summed E-state index contributed by atoms with van der Waals surface area (Å²) in [5.41, 5.74) is 4.49. The van der Waals surface area contributed by atoms with Crippen LogP contribution in [0, 0.1) is 13.8 Å². The molecule has 0 unspecified atom stereocenters. The first-order valence-corrected chi connectivity index (χ1v) is 14.9. The predicted molar refractivity (Wildman–Crippen MR) is 167 cm³/mol. The van der Waals surface area contributed by atoms with Gasteiger partial charge in [-0.25, -0.2) is 14.6 Å². The smallest absolute Gasteiger partial charge is 0.338 e. The van der Waals surface area contributed by atoms with Crippen LogP contribution in [-0.4, -0.2) is 46.5 Å². The molecule has 0 aliphatic carbocycles. The van der Waals surface area contributed by atoms with Crippen molar-refractivity contribution in [2.24, 2.45) is 4.99 Å². The maximum absolute atomic E-state index is 14.1. The number of methoxy groups -OCH3 is 1. The number of rotatable bonds is 9. The number of aromatic nitrogens is 2. The summed E-state index contributed by atoms with van der Waals surface area (Å²) in [6, 6.07) is 13.2. The van der Waals surface area contributed by atoms with Gasteiger partial charge in [0.25, 0.3) is 5.56 Å². The van der Waals surface area contributed by atoms with Crippen LogP contribution in [0.5, 0.6) is 11.5 Å². The number of esters is 1. The van der Waals surface area contributed by atoms with E-state index in [0.717, 1.165) is 17.0 Å². The Morgan fingerprint density at radius 2 is 1.82 bits per heavy atom. The largest absolute Gasteiger partial charge is 0.493 e. The lowest BCUT2D eigenvalue weighted by Gasteiger charge is -2.25. The molecule has 1 aliphatic heterocycles. The first kappa shape index (κ1) is 30.6. The van der Waals surface area contributed by atoms with Crippen molar-refractivity contribution in [3.63, 3.8) is 0 Å². The molecule has 2 aromatic heterocycles. The molecule has 0 fully saturated rings. The van der Waals surface area contributed by atoms with Gasteiger partial charge in [0.05, 0.1) is 47.7 Å². The van der Waals surface area contributed by atoms with Gasteiger partial charge in [-0.15, -0.1) is 0 Å². The van der Waals surface area contributed by atoms with Gasteiger partial charge >= 0.3 is 11.9 Å². The number of nitrogens with zero attached hydrogens (tertiary/aromatic N) is 3. The van der Waals surface area contributed by atoms with Crippen LogP contribution in [0.25, 0.3) is 11.8 Å². The topological polar surface area (TPSA) is 121 Å². The van der Waals surface area contributed by atoms with Crippen LogP contribution in [-0.2, 0) is 9.53 Å². The van der Waals surface area contributed by atoms with Crippen LogP contribution in [0.1, 0.15) is 59.7 Å². The van der Waals surface area contributed by atoms with E-state index in [1.165, 1.54) is 15.9 Å². The molecule has 1 aliphatic rings. The minimum absolute atomic E-state index is 0.171. The van der Waals surface area contributed by atoms with Crippen LogP contribution in [0.15, 0.2) is 69.6 Å². The number of carboxylic acid groups (broad SMARTS) is 1. The molecular weight excluding hydrogens is 582 g/mol. The number of hydrogen-bond donors (Lipinski definition) is 1. The fraction of sp³-hybridized carbons (Fsp3) is 0.273. The van der Waals surface area contributed by atoms with E-state index in [9.17, 15) is 19.5 Å². The van der Waals surface area contributed by atoms with Crippen LogP contribution < -0.4 is 24.4 Å². The second kappa shape index (κ2) is 12.4. The van der Waals surface area contributed by atoms with E-state index in [2.05, 4.69) is 4.99 Å². The van der Waals surface area contributed by atoms with Crippen molar-refractivity contribution in [3.8, 4) is 17.2 Å². The molecule has 3 heterocycles. The average Bonchev–Trinajstić information content (AvgIpc) is 3.45. The molecule has 0 spiro atoms. The Morgan fingerprint density at radius 3 is 2.50 bits per heavy atom. The molecule has 1 N–H and O–H groups in total. The predicted octanol–water partition coefficient (Wildman–Crippen LogP) is 4.31. The van der Waals surface area contributed by atoms with Gasteiger partial charge in [-0.1, -0.05) is 23.5 Å². The van der Waals surface area contributed by atoms with Crippen LogP contribution in [0.3, 0.4) is 0 Å². The van der Waals surface area contributed by atoms with E-state index in [1.807, 2.05) is 43.5 Å². The second-order valence-electron chi connectivity index (χ2n) is 10.2. The zero-order valence-electron chi connectivity index (χ0n) is 25.3. The van der Waals surface area contributed by atoms with Gasteiger partial charge < -0.3 is 23.9 Å². The molecule has 11 heteroatoms. The number of aryl methyl sites for hydroxylation is 1. The molecular formula is C33H33N3O7S. The SMILES string of the molecule is CCOC(=O)C1=C(C)N=c2sc(=Cc3cc(C)n(-c4cccc(C(=O)O)c4)c3C)c(=O)n2[C@H]1c1ccc(OC)c(OCC)c1. The fourth-order valence-corrected chi connectivity index (χ4v) is 6.53. The average molecular weight is 616 g/mol. The highest BCUT2D eigenvalue weighted by Gasteiger charge is 2.34. The van der Waals surface area contributed by atoms with Crippen molar-refractivity contribution in [2.45, 2.75) is 40.7 Å². The van der Waals surface area contributed by atoms with Crippen molar-refractivity contribution < 1.29 is 28.9 Å². The summed E-state index contributed by atoms with van der Waals surface area (Å²) in [5, 5.41) is 9.47. The summed E-state index contributed by atoms with van der Waals surface area (Å²) in [7, 11) is 1.55. The van der Waals surface area contributed by atoms with Crippen LogP contribution in [0.4, 0.5) is 0 Å². The third kappa shape index (κ3) is 5.46. The monoisotopic (exact) mass is 615 g/mol. The molecule has 228 valence electrons. The van der Waals surface area contributed by atoms with Gasteiger partial charge in [0.2, 0.25) is 0 Å². The number of carbonyl (C=O) groups excluding carboxylic acids is 1. The zero-order valence-corrected chi connectivity index (χ0v) is 26.2. The van der Waals surface area contributed by atoms with E-state index >= 15 is 0 Å². The zero-order chi connectivity index (χ0) is 31.7. The number of benzene rings is 2. The highest BCUT2D eigenvalue weighted by Crippen LogP contribution is 2.36. The second-order valence-corrected chi connectivity index (χ2v) is 11.2. The fourth-order valence-electron chi connectivity index (χ4n) is 5.49. The highest BCUT2D eigenvalue weighted by molar-refractivity contribution is 7.07. The van der Waals surface area contributed by atoms with Gasteiger partial charge in [0.15, 0.2) is 16.3 Å². The lowest BCUT2D eigenvalue weighted by molar-refractivity contribution is -0.139. The van der Waals surface area contributed by atoms with E-state index in [-0.39, 0.29) is 23.3 Å². The molecule has 44 heavy (non-hydrogen) atoms. The summed E-state index contributed by atoms with van der Waals surface area (Å²) in [4.78, 5) is 44.1. The molecule has 4 aromatic rings. The standard InChI is InChI=1S/C33H33N3O7S/c1-7-42-26-16-21(12-13-25(26)41-6)29-28(32(40)43-8-2)19(4)34-33-36(29)30(37)27(44-33)17-23-14-18(3)35(20(23)5)24-11-9-10-22(15-24)31(38)39/h9-17,29H,7-8H2,1-6H3,(H,38,39)/t29-/m0/s1. The quantitative estimate of drug-likeness (QED) is 0.279. The van der Waals surface area contributed by atoms with Gasteiger partial charge in [-0.05, 0) is 88.2 Å². The molecule has 10 nitrogen and oxygen atoms in total. The Bertz CT molecular complexity index is 2000. The molecule has 0 amide bonds.